The zero-order valence-corrected chi connectivity index (χ0v) is 13.7. The lowest BCUT2D eigenvalue weighted by atomic mass is 9.89. The van der Waals surface area contributed by atoms with E-state index < -0.39 is 41.6 Å². The molecule has 0 aliphatic rings. The van der Waals surface area contributed by atoms with Gasteiger partial charge in [-0.05, 0) is 31.6 Å². The minimum absolute atomic E-state index is 0.226. The number of rotatable bonds is 6. The van der Waals surface area contributed by atoms with E-state index in [-0.39, 0.29) is 17.7 Å². The second-order valence-electron chi connectivity index (χ2n) is 5.01. The highest BCUT2D eigenvalue weighted by Crippen LogP contribution is 2.41. The van der Waals surface area contributed by atoms with Gasteiger partial charge in [0.1, 0.15) is 0 Å². The summed E-state index contributed by atoms with van der Waals surface area (Å²) < 4.78 is 75.9. The average molecular weight is 368 g/mol. The molecule has 0 aliphatic heterocycles. The molecule has 0 radical (unpaired) electrons. The lowest BCUT2D eigenvalue weighted by Gasteiger charge is -2.29. The first-order valence-electron chi connectivity index (χ1n) is 7.17. The summed E-state index contributed by atoms with van der Waals surface area (Å²) >= 11 is 0. The number of hydrogen-bond acceptors (Lipinski definition) is 4. The minimum Gasteiger partial charge on any atom is -0.493 e. The number of hydrogen-bond donors (Lipinski definition) is 1. The summed E-state index contributed by atoms with van der Waals surface area (Å²) in [6, 6.07) is 1.70. The minimum atomic E-state index is -5.35. The standard InChI is InChI=1S/C16H17F5O4/c1-4-9(10-6-7-11(17)12(18)13(10)24-3)8-15(23,16(19,20)21)14(22)25-5-2/h4,6-7,23H,5,8H2,1-3H3/t15-/m1/s1. The Bertz CT molecular complexity index is 669. The molecule has 0 heterocycles. The lowest BCUT2D eigenvalue weighted by molar-refractivity contribution is -0.260. The summed E-state index contributed by atoms with van der Waals surface area (Å²) in [5.41, 5.74) is -4.35. The highest BCUT2D eigenvalue weighted by atomic mass is 19.4. The molecule has 0 amide bonds. The summed E-state index contributed by atoms with van der Waals surface area (Å²) in [5.74, 6) is -5.18. The Labute approximate surface area is 140 Å². The van der Waals surface area contributed by atoms with Gasteiger partial charge < -0.3 is 14.6 Å². The summed E-state index contributed by atoms with van der Waals surface area (Å²) in [6.45, 7) is 2.22. The van der Waals surface area contributed by atoms with E-state index in [0.717, 1.165) is 19.3 Å². The first kappa shape index (κ1) is 20.9. The Balaban J connectivity index is 3.42. The molecule has 0 aromatic heterocycles. The fraction of sp³-hybridized carbons (Fsp3) is 0.438. The number of esters is 1. The molecule has 0 fully saturated rings. The molecule has 140 valence electrons. The molecule has 1 N–H and O–H groups in total. The van der Waals surface area contributed by atoms with Crippen LogP contribution in [0, 0.1) is 11.6 Å². The van der Waals surface area contributed by atoms with Crippen molar-refractivity contribution in [3.05, 3.63) is 35.4 Å². The highest BCUT2D eigenvalue weighted by molar-refractivity contribution is 5.84. The smallest absolute Gasteiger partial charge is 0.428 e. The van der Waals surface area contributed by atoms with Gasteiger partial charge in [0.2, 0.25) is 5.82 Å². The van der Waals surface area contributed by atoms with Crippen LogP contribution in [0.4, 0.5) is 22.0 Å². The molecule has 1 aromatic rings. The molecule has 25 heavy (non-hydrogen) atoms. The summed E-state index contributed by atoms with van der Waals surface area (Å²) in [6.07, 6.45) is -5.47. The Morgan fingerprint density at radius 2 is 1.88 bits per heavy atom. The molecular formula is C16H17F5O4. The molecule has 0 unspecified atom stereocenters. The Kier molecular flexibility index (Phi) is 6.53. The molecule has 1 rings (SSSR count). The van der Waals surface area contributed by atoms with Gasteiger partial charge in [0.15, 0.2) is 11.6 Å². The van der Waals surface area contributed by atoms with Gasteiger partial charge in [0.05, 0.1) is 13.7 Å². The third-order valence-corrected chi connectivity index (χ3v) is 3.48. The van der Waals surface area contributed by atoms with Crippen LogP contribution in [-0.2, 0) is 9.53 Å². The maximum Gasteiger partial charge on any atom is 0.428 e. The number of ether oxygens (including phenoxy) is 2. The van der Waals surface area contributed by atoms with Crippen LogP contribution in [0.2, 0.25) is 0 Å². The van der Waals surface area contributed by atoms with Crippen LogP contribution in [0.5, 0.6) is 5.75 Å². The van der Waals surface area contributed by atoms with E-state index in [1.807, 2.05) is 0 Å². The van der Waals surface area contributed by atoms with Crippen LogP contribution in [-0.4, -0.2) is 36.6 Å². The van der Waals surface area contributed by atoms with E-state index in [0.29, 0.717) is 6.07 Å². The molecule has 9 heteroatoms. The monoisotopic (exact) mass is 368 g/mol. The van der Waals surface area contributed by atoms with Gasteiger partial charge in [-0.1, -0.05) is 6.08 Å². The predicted octanol–water partition coefficient (Wildman–Crippen LogP) is 3.62. The average Bonchev–Trinajstić information content (AvgIpc) is 2.54. The van der Waals surface area contributed by atoms with E-state index in [1.165, 1.54) is 13.8 Å². The molecule has 0 aliphatic carbocycles. The van der Waals surface area contributed by atoms with Crippen molar-refractivity contribution in [2.45, 2.75) is 32.0 Å². The zero-order chi connectivity index (χ0) is 19.4. The van der Waals surface area contributed by atoms with Crippen molar-refractivity contribution in [2.75, 3.05) is 13.7 Å². The number of carbonyl (C=O) groups is 1. The summed E-state index contributed by atoms with van der Waals surface area (Å²) in [4.78, 5) is 11.7. The van der Waals surface area contributed by atoms with E-state index in [4.69, 9.17) is 4.74 Å². The number of methoxy groups -OCH3 is 1. The number of allylic oxidation sites excluding steroid dienone is 1. The number of benzene rings is 1. The van der Waals surface area contributed by atoms with Crippen LogP contribution >= 0.6 is 0 Å². The molecule has 0 spiro atoms. The molecule has 1 atom stereocenters. The Morgan fingerprint density at radius 3 is 2.32 bits per heavy atom. The number of aliphatic hydroxyl groups is 1. The van der Waals surface area contributed by atoms with Crippen LogP contribution < -0.4 is 4.74 Å². The number of halogens is 5. The van der Waals surface area contributed by atoms with E-state index in [2.05, 4.69) is 4.74 Å². The van der Waals surface area contributed by atoms with E-state index >= 15 is 0 Å². The molecule has 0 saturated carbocycles. The molecule has 0 saturated heterocycles. The largest absolute Gasteiger partial charge is 0.493 e. The fourth-order valence-electron chi connectivity index (χ4n) is 2.15. The van der Waals surface area contributed by atoms with Gasteiger partial charge in [-0.15, -0.1) is 0 Å². The number of alkyl halides is 3. The van der Waals surface area contributed by atoms with E-state index in [1.54, 1.807) is 0 Å². The van der Waals surface area contributed by atoms with Crippen molar-refractivity contribution in [1.29, 1.82) is 0 Å². The van der Waals surface area contributed by atoms with Crippen molar-refractivity contribution in [2.24, 2.45) is 0 Å². The topological polar surface area (TPSA) is 55.8 Å². The van der Waals surface area contributed by atoms with Crippen LogP contribution in [0.3, 0.4) is 0 Å². The van der Waals surface area contributed by atoms with Crippen molar-refractivity contribution >= 4 is 11.5 Å². The van der Waals surface area contributed by atoms with Crippen LogP contribution in [0.1, 0.15) is 25.8 Å². The first-order valence-corrected chi connectivity index (χ1v) is 7.17. The van der Waals surface area contributed by atoms with Gasteiger partial charge in [-0.3, -0.25) is 0 Å². The van der Waals surface area contributed by atoms with Gasteiger partial charge in [0, 0.05) is 12.0 Å². The van der Waals surface area contributed by atoms with Gasteiger partial charge in [-0.25, -0.2) is 9.18 Å². The lowest BCUT2D eigenvalue weighted by Crippen LogP contribution is -2.53. The second-order valence-corrected chi connectivity index (χ2v) is 5.01. The third-order valence-electron chi connectivity index (χ3n) is 3.48. The predicted molar refractivity (Wildman–Crippen MR) is 78.8 cm³/mol. The van der Waals surface area contributed by atoms with Crippen molar-refractivity contribution in [1.82, 2.24) is 0 Å². The van der Waals surface area contributed by atoms with Crippen molar-refractivity contribution in [3.63, 3.8) is 0 Å². The fourth-order valence-corrected chi connectivity index (χ4v) is 2.15. The highest BCUT2D eigenvalue weighted by Gasteiger charge is 2.61. The SMILES string of the molecule is CC=C(C[C@@](O)(C(=O)OCC)C(F)(F)F)c1ccc(F)c(F)c1OC. The summed E-state index contributed by atoms with van der Waals surface area (Å²) in [7, 11) is 1.01. The zero-order valence-electron chi connectivity index (χ0n) is 13.7. The Hall–Kier alpha value is -2.16. The molecule has 4 nitrogen and oxygen atoms in total. The molecule has 1 aromatic carbocycles. The Morgan fingerprint density at radius 1 is 1.28 bits per heavy atom. The second kappa shape index (κ2) is 7.81. The summed E-state index contributed by atoms with van der Waals surface area (Å²) in [5, 5.41) is 9.95. The molecule has 0 bridgehead atoms. The third kappa shape index (κ3) is 4.09. The van der Waals surface area contributed by atoms with Crippen molar-refractivity contribution < 1.29 is 41.3 Å². The maximum atomic E-state index is 13.8. The van der Waals surface area contributed by atoms with Crippen molar-refractivity contribution in [3.8, 4) is 5.75 Å². The first-order chi connectivity index (χ1) is 11.5. The maximum absolute atomic E-state index is 13.8. The van der Waals surface area contributed by atoms with Gasteiger partial charge in [0.25, 0.3) is 5.60 Å². The van der Waals surface area contributed by atoms with E-state index in [9.17, 15) is 31.9 Å². The quantitative estimate of drug-likeness (QED) is 0.616. The van der Waals surface area contributed by atoms with Crippen LogP contribution in [0.25, 0.3) is 5.57 Å². The molecular weight excluding hydrogens is 351 g/mol. The van der Waals surface area contributed by atoms with Gasteiger partial charge in [-0.2, -0.15) is 17.6 Å². The normalized spacial score (nSPS) is 14.8. The number of carbonyl (C=O) groups excluding carboxylic acids is 1. The van der Waals surface area contributed by atoms with Crippen LogP contribution in [0.15, 0.2) is 18.2 Å². The van der Waals surface area contributed by atoms with Gasteiger partial charge >= 0.3 is 12.1 Å².